The van der Waals surface area contributed by atoms with Crippen molar-refractivity contribution in [1.29, 1.82) is 0 Å². The molecule has 1 atom stereocenters. The molecule has 4 heteroatoms. The molecule has 1 unspecified atom stereocenters. The second-order valence-corrected chi connectivity index (χ2v) is 5.66. The SMILES string of the molecule is Cc1occc1C(=O)N1CCOC(CCc2ccccc2)C1. The van der Waals surface area contributed by atoms with Crippen LogP contribution in [0.5, 0.6) is 0 Å². The molecule has 0 bridgehead atoms. The number of ether oxygens (including phenoxy) is 1. The topological polar surface area (TPSA) is 42.7 Å². The average molecular weight is 299 g/mol. The van der Waals surface area contributed by atoms with E-state index in [4.69, 9.17) is 9.15 Å². The Hall–Kier alpha value is -2.07. The predicted octanol–water partition coefficient (Wildman–Crippen LogP) is 3.06. The third-order valence-electron chi connectivity index (χ3n) is 4.11. The number of carbonyl (C=O) groups is 1. The van der Waals surface area contributed by atoms with Gasteiger partial charge in [-0.05, 0) is 31.4 Å². The number of rotatable bonds is 4. The molecular formula is C18H21NO3. The summed E-state index contributed by atoms with van der Waals surface area (Å²) < 4.78 is 11.0. The Morgan fingerprint density at radius 1 is 1.27 bits per heavy atom. The number of aryl methyl sites for hydroxylation is 2. The van der Waals surface area contributed by atoms with Crippen LogP contribution in [0.25, 0.3) is 0 Å². The van der Waals surface area contributed by atoms with Gasteiger partial charge in [-0.25, -0.2) is 0 Å². The maximum Gasteiger partial charge on any atom is 0.257 e. The van der Waals surface area contributed by atoms with E-state index in [9.17, 15) is 4.79 Å². The van der Waals surface area contributed by atoms with Crippen LogP contribution < -0.4 is 0 Å². The highest BCUT2D eigenvalue weighted by Crippen LogP contribution is 2.17. The molecule has 0 aliphatic carbocycles. The van der Waals surface area contributed by atoms with Crippen molar-refractivity contribution in [2.24, 2.45) is 0 Å². The molecule has 0 radical (unpaired) electrons. The molecule has 1 saturated heterocycles. The molecule has 1 aliphatic heterocycles. The molecule has 0 spiro atoms. The zero-order valence-electron chi connectivity index (χ0n) is 12.8. The summed E-state index contributed by atoms with van der Waals surface area (Å²) in [6.45, 7) is 3.71. The molecule has 2 aromatic rings. The number of hydrogen-bond acceptors (Lipinski definition) is 3. The number of benzene rings is 1. The molecule has 1 aromatic heterocycles. The molecule has 0 N–H and O–H groups in total. The molecule has 3 rings (SSSR count). The van der Waals surface area contributed by atoms with Crippen LogP contribution >= 0.6 is 0 Å². The fourth-order valence-electron chi connectivity index (χ4n) is 2.83. The van der Waals surface area contributed by atoms with Crippen LogP contribution in [0.3, 0.4) is 0 Å². The number of nitrogens with zero attached hydrogens (tertiary/aromatic N) is 1. The van der Waals surface area contributed by atoms with Gasteiger partial charge in [0.25, 0.3) is 5.91 Å². The lowest BCUT2D eigenvalue weighted by molar-refractivity contribution is -0.0246. The normalized spacial score (nSPS) is 18.4. The predicted molar refractivity (Wildman–Crippen MR) is 83.9 cm³/mol. The standard InChI is InChI=1S/C18H21NO3/c1-14-17(9-11-21-14)18(20)19-10-12-22-16(13-19)8-7-15-5-3-2-4-6-15/h2-6,9,11,16H,7-8,10,12-13H2,1H3. The van der Waals surface area contributed by atoms with E-state index in [0.717, 1.165) is 12.8 Å². The molecule has 1 fully saturated rings. The smallest absolute Gasteiger partial charge is 0.257 e. The van der Waals surface area contributed by atoms with Crippen molar-refractivity contribution in [2.45, 2.75) is 25.9 Å². The third kappa shape index (κ3) is 3.39. The fourth-order valence-corrected chi connectivity index (χ4v) is 2.83. The Morgan fingerprint density at radius 2 is 2.09 bits per heavy atom. The van der Waals surface area contributed by atoms with Gasteiger partial charge < -0.3 is 14.1 Å². The molecular weight excluding hydrogens is 278 g/mol. The van der Waals surface area contributed by atoms with Crippen molar-refractivity contribution in [3.05, 3.63) is 59.5 Å². The lowest BCUT2D eigenvalue weighted by Gasteiger charge is -2.33. The molecule has 116 valence electrons. The highest BCUT2D eigenvalue weighted by molar-refractivity contribution is 5.95. The second-order valence-electron chi connectivity index (χ2n) is 5.66. The molecule has 2 heterocycles. The molecule has 0 saturated carbocycles. The first-order valence-electron chi connectivity index (χ1n) is 7.73. The number of furan rings is 1. The van der Waals surface area contributed by atoms with Crippen molar-refractivity contribution in [3.63, 3.8) is 0 Å². The third-order valence-corrected chi connectivity index (χ3v) is 4.11. The van der Waals surface area contributed by atoms with E-state index in [1.165, 1.54) is 5.56 Å². The molecule has 1 amide bonds. The van der Waals surface area contributed by atoms with E-state index in [1.54, 1.807) is 12.3 Å². The summed E-state index contributed by atoms with van der Waals surface area (Å²) in [7, 11) is 0. The average Bonchev–Trinajstić information content (AvgIpc) is 2.99. The zero-order valence-corrected chi connectivity index (χ0v) is 12.8. The van der Waals surface area contributed by atoms with Crippen LogP contribution in [-0.4, -0.2) is 36.6 Å². The summed E-state index contributed by atoms with van der Waals surface area (Å²) in [6, 6.07) is 12.1. The van der Waals surface area contributed by atoms with Gasteiger partial charge in [0.1, 0.15) is 5.76 Å². The Labute approximate surface area is 130 Å². The lowest BCUT2D eigenvalue weighted by Crippen LogP contribution is -2.45. The van der Waals surface area contributed by atoms with E-state index in [0.29, 0.717) is 31.0 Å². The van der Waals surface area contributed by atoms with Crippen molar-refractivity contribution in [2.75, 3.05) is 19.7 Å². The maximum atomic E-state index is 12.5. The van der Waals surface area contributed by atoms with Crippen LogP contribution in [0.4, 0.5) is 0 Å². The molecule has 1 aliphatic rings. The monoisotopic (exact) mass is 299 g/mol. The zero-order chi connectivity index (χ0) is 15.4. The van der Waals surface area contributed by atoms with E-state index in [-0.39, 0.29) is 12.0 Å². The van der Waals surface area contributed by atoms with Gasteiger partial charge in [-0.2, -0.15) is 0 Å². The number of amides is 1. The summed E-state index contributed by atoms with van der Waals surface area (Å²) in [6.07, 6.45) is 3.57. The summed E-state index contributed by atoms with van der Waals surface area (Å²) in [5, 5.41) is 0. The highest BCUT2D eigenvalue weighted by Gasteiger charge is 2.26. The van der Waals surface area contributed by atoms with Crippen LogP contribution in [0.2, 0.25) is 0 Å². The number of hydrogen-bond donors (Lipinski definition) is 0. The van der Waals surface area contributed by atoms with E-state index in [1.807, 2.05) is 17.9 Å². The minimum Gasteiger partial charge on any atom is -0.469 e. The van der Waals surface area contributed by atoms with Gasteiger partial charge in [-0.15, -0.1) is 0 Å². The van der Waals surface area contributed by atoms with Crippen molar-refractivity contribution >= 4 is 5.91 Å². The molecule has 4 nitrogen and oxygen atoms in total. The quantitative estimate of drug-likeness (QED) is 0.871. The Morgan fingerprint density at radius 3 is 2.82 bits per heavy atom. The summed E-state index contributed by atoms with van der Waals surface area (Å²) >= 11 is 0. The van der Waals surface area contributed by atoms with Crippen LogP contribution in [0, 0.1) is 6.92 Å². The first kappa shape index (κ1) is 14.9. The van der Waals surface area contributed by atoms with Gasteiger partial charge in [0.15, 0.2) is 0 Å². The minimum atomic E-state index is 0.0410. The largest absolute Gasteiger partial charge is 0.469 e. The first-order chi connectivity index (χ1) is 10.7. The van der Waals surface area contributed by atoms with E-state index in [2.05, 4.69) is 24.3 Å². The van der Waals surface area contributed by atoms with Gasteiger partial charge in [0.05, 0.1) is 24.5 Å². The van der Waals surface area contributed by atoms with Crippen LogP contribution in [0.1, 0.15) is 28.1 Å². The molecule has 22 heavy (non-hydrogen) atoms. The van der Waals surface area contributed by atoms with Crippen molar-refractivity contribution in [1.82, 2.24) is 4.90 Å². The van der Waals surface area contributed by atoms with Gasteiger partial charge in [-0.3, -0.25) is 4.79 Å². The lowest BCUT2D eigenvalue weighted by atomic mass is 10.1. The van der Waals surface area contributed by atoms with Gasteiger partial charge >= 0.3 is 0 Å². The minimum absolute atomic E-state index is 0.0410. The fraction of sp³-hybridized carbons (Fsp3) is 0.389. The van der Waals surface area contributed by atoms with E-state index < -0.39 is 0 Å². The van der Waals surface area contributed by atoms with Crippen LogP contribution in [0.15, 0.2) is 47.1 Å². The van der Waals surface area contributed by atoms with Crippen molar-refractivity contribution in [3.8, 4) is 0 Å². The highest BCUT2D eigenvalue weighted by atomic mass is 16.5. The second kappa shape index (κ2) is 6.79. The van der Waals surface area contributed by atoms with Crippen molar-refractivity contribution < 1.29 is 13.9 Å². The first-order valence-corrected chi connectivity index (χ1v) is 7.73. The van der Waals surface area contributed by atoms with E-state index >= 15 is 0 Å². The number of carbonyl (C=O) groups excluding carboxylic acids is 1. The summed E-state index contributed by atoms with van der Waals surface area (Å²) in [4.78, 5) is 14.4. The Balaban J connectivity index is 1.57. The Bertz CT molecular complexity index is 620. The van der Waals surface area contributed by atoms with Gasteiger partial charge in [-0.1, -0.05) is 30.3 Å². The summed E-state index contributed by atoms with van der Waals surface area (Å²) in [5.74, 6) is 0.719. The maximum absolute atomic E-state index is 12.5. The Kier molecular flexibility index (Phi) is 4.59. The molecule has 1 aromatic carbocycles. The van der Waals surface area contributed by atoms with Gasteiger partial charge in [0.2, 0.25) is 0 Å². The summed E-state index contributed by atoms with van der Waals surface area (Å²) in [5.41, 5.74) is 1.96. The van der Waals surface area contributed by atoms with Gasteiger partial charge in [0, 0.05) is 13.1 Å². The van der Waals surface area contributed by atoms with Crippen LogP contribution in [-0.2, 0) is 11.2 Å². The number of morpholine rings is 1.